The number of rotatable bonds is 6. The molecule has 42 heavy (non-hydrogen) atoms. The number of para-hydroxylation sites is 2. The van der Waals surface area contributed by atoms with E-state index in [1.54, 1.807) is 17.6 Å². The van der Waals surface area contributed by atoms with Crippen molar-refractivity contribution in [2.75, 3.05) is 11.5 Å². The molecule has 4 aromatic rings. The van der Waals surface area contributed by atoms with Crippen LogP contribution in [0.5, 0.6) is 0 Å². The van der Waals surface area contributed by atoms with Crippen molar-refractivity contribution in [2.24, 2.45) is 0 Å². The van der Waals surface area contributed by atoms with E-state index in [0.717, 1.165) is 27.7 Å². The number of cyclic esters (lactones) is 1. The predicted octanol–water partition coefficient (Wildman–Crippen LogP) is 4.79. The number of carbonyl (C=O) groups is 2. The highest BCUT2D eigenvalue weighted by Gasteiger charge is 2.46. The van der Waals surface area contributed by atoms with Gasteiger partial charge in [-0.15, -0.1) is 0 Å². The van der Waals surface area contributed by atoms with Gasteiger partial charge in [-0.05, 0) is 41.8 Å². The fourth-order valence-corrected chi connectivity index (χ4v) is 8.14. The number of aliphatic hydroxyl groups is 1. The maximum Gasteiger partial charge on any atom is 0.343 e. The van der Waals surface area contributed by atoms with Crippen LogP contribution >= 0.6 is 0 Å². The van der Waals surface area contributed by atoms with Crippen LogP contribution in [0.25, 0.3) is 22.3 Å². The summed E-state index contributed by atoms with van der Waals surface area (Å²) in [6, 6.07) is 18.8. The van der Waals surface area contributed by atoms with Gasteiger partial charge in [0.15, 0.2) is 5.60 Å². The number of nitrogens with zero attached hydrogens (tertiary/aromatic N) is 2. The predicted molar refractivity (Wildman–Crippen MR) is 164 cm³/mol. The Bertz CT molecular complexity index is 1800. The molecule has 10 heteroatoms. The molecule has 2 aliphatic rings. The zero-order chi connectivity index (χ0) is 29.8. The van der Waals surface area contributed by atoms with Crippen LogP contribution < -0.4 is 16.2 Å². The van der Waals surface area contributed by atoms with E-state index < -0.39 is 19.6 Å². The van der Waals surface area contributed by atoms with Gasteiger partial charge in [0.05, 0.1) is 37.1 Å². The number of amides is 2. The van der Waals surface area contributed by atoms with Crippen molar-refractivity contribution in [3.05, 3.63) is 93.3 Å². The molecule has 2 atom stereocenters. The number of hydrogen-bond donors (Lipinski definition) is 3. The molecule has 9 nitrogen and oxygen atoms in total. The number of ether oxygens (including phenoxy) is 1. The summed E-state index contributed by atoms with van der Waals surface area (Å²) in [6.07, 6.45) is 0.634. The van der Waals surface area contributed by atoms with Gasteiger partial charge in [-0.3, -0.25) is 4.79 Å². The van der Waals surface area contributed by atoms with E-state index in [4.69, 9.17) is 9.72 Å². The molecule has 0 saturated heterocycles. The number of carbonyl (C=O) groups excluding carboxylic acids is 2. The van der Waals surface area contributed by atoms with Crippen molar-refractivity contribution < 1.29 is 19.4 Å². The first-order valence-electron chi connectivity index (χ1n) is 14.2. The summed E-state index contributed by atoms with van der Waals surface area (Å²) in [5, 5.41) is 18.2. The van der Waals surface area contributed by atoms with E-state index in [9.17, 15) is 19.5 Å². The van der Waals surface area contributed by atoms with Gasteiger partial charge in [-0.1, -0.05) is 63.3 Å². The summed E-state index contributed by atoms with van der Waals surface area (Å²) in [7, 11) is -2.16. The fraction of sp³-hybridized carbons (Fsp3) is 0.312. The van der Waals surface area contributed by atoms with Crippen molar-refractivity contribution in [1.82, 2.24) is 14.9 Å². The molecule has 4 heterocycles. The first-order valence-corrected chi connectivity index (χ1v) is 17.5. The highest BCUT2D eigenvalue weighted by molar-refractivity contribution is 6.79. The molecule has 3 N–H and O–H groups in total. The lowest BCUT2D eigenvalue weighted by Gasteiger charge is -2.32. The van der Waals surface area contributed by atoms with E-state index in [2.05, 4.69) is 36.7 Å². The second-order valence-electron chi connectivity index (χ2n) is 11.9. The Morgan fingerprint density at radius 3 is 2.57 bits per heavy atom. The summed E-state index contributed by atoms with van der Waals surface area (Å²) in [4.78, 5) is 44.1. The minimum absolute atomic E-state index is 0.0899. The van der Waals surface area contributed by atoms with E-state index in [1.807, 2.05) is 48.5 Å². The quantitative estimate of drug-likeness (QED) is 0.195. The molecule has 0 aliphatic carbocycles. The number of anilines is 1. The maximum atomic E-state index is 13.8. The summed E-state index contributed by atoms with van der Waals surface area (Å²) in [5.41, 5.74) is 3.44. The van der Waals surface area contributed by atoms with E-state index >= 15 is 0 Å². The highest BCUT2D eigenvalue weighted by atomic mass is 28.3. The van der Waals surface area contributed by atoms with Gasteiger partial charge in [-0.2, -0.15) is 0 Å². The van der Waals surface area contributed by atoms with E-state index in [1.165, 1.54) is 0 Å². The molecule has 0 radical (unpaired) electrons. The number of benzene rings is 2. The first kappa shape index (κ1) is 27.9. The van der Waals surface area contributed by atoms with Crippen LogP contribution in [0.4, 0.5) is 10.5 Å². The summed E-state index contributed by atoms with van der Waals surface area (Å²) in [6.45, 7) is 8.56. The van der Waals surface area contributed by atoms with Crippen LogP contribution in [-0.2, 0) is 28.3 Å². The lowest BCUT2D eigenvalue weighted by Crippen LogP contribution is -2.48. The summed E-state index contributed by atoms with van der Waals surface area (Å²) >= 11 is 0. The Morgan fingerprint density at radius 1 is 1.12 bits per heavy atom. The normalized spacial score (nSPS) is 18.1. The topological polar surface area (TPSA) is 123 Å². The zero-order valence-electron chi connectivity index (χ0n) is 24.2. The number of urea groups is 1. The molecule has 2 unspecified atom stereocenters. The third kappa shape index (κ3) is 4.42. The summed E-state index contributed by atoms with van der Waals surface area (Å²) in [5.74, 6) is -0.739. The average molecular weight is 583 g/mol. The third-order valence-electron chi connectivity index (χ3n) is 8.98. The van der Waals surface area contributed by atoms with Gasteiger partial charge >= 0.3 is 12.0 Å². The minimum Gasteiger partial charge on any atom is -0.458 e. The smallest absolute Gasteiger partial charge is 0.343 e. The van der Waals surface area contributed by atoms with Crippen LogP contribution in [-0.4, -0.2) is 40.9 Å². The van der Waals surface area contributed by atoms with Gasteiger partial charge in [0.2, 0.25) is 0 Å². The molecule has 0 bridgehead atoms. The summed E-state index contributed by atoms with van der Waals surface area (Å²) < 4.78 is 6.91. The molecule has 2 aliphatic heterocycles. The molecule has 0 saturated carbocycles. The molecular weight excluding hydrogens is 548 g/mol. The van der Waals surface area contributed by atoms with Gasteiger partial charge < -0.3 is 25.0 Å². The molecular formula is C32H34N4O5Si. The number of hydrogen-bond acceptors (Lipinski definition) is 6. The number of nitrogens with one attached hydrogen (secondary N) is 2. The number of fused-ring (bicyclic) bond motifs is 5. The molecule has 0 fully saturated rings. The molecule has 0 spiro atoms. The highest BCUT2D eigenvalue weighted by Crippen LogP contribution is 2.43. The van der Waals surface area contributed by atoms with Crippen LogP contribution in [0.15, 0.2) is 65.5 Å². The van der Waals surface area contributed by atoms with E-state index in [-0.39, 0.29) is 30.2 Å². The number of pyridine rings is 2. The number of aromatic nitrogens is 2. The van der Waals surface area contributed by atoms with Crippen LogP contribution in [0.2, 0.25) is 13.1 Å². The Kier molecular flexibility index (Phi) is 6.78. The van der Waals surface area contributed by atoms with E-state index in [0.29, 0.717) is 35.2 Å². The lowest BCUT2D eigenvalue weighted by atomic mass is 9.86. The van der Waals surface area contributed by atoms with Crippen molar-refractivity contribution in [1.29, 1.82) is 0 Å². The largest absolute Gasteiger partial charge is 0.458 e. The second kappa shape index (κ2) is 10.2. The van der Waals surface area contributed by atoms with Gasteiger partial charge in [0.25, 0.3) is 5.56 Å². The Hall–Kier alpha value is -4.28. The van der Waals surface area contributed by atoms with Gasteiger partial charge in [0.1, 0.15) is 6.61 Å². The first-order chi connectivity index (χ1) is 20.0. The number of esters is 1. The van der Waals surface area contributed by atoms with Crippen molar-refractivity contribution in [3.8, 4) is 11.4 Å². The molecule has 2 aromatic carbocycles. The molecule has 2 amide bonds. The molecule has 2 aromatic heterocycles. The molecule has 216 valence electrons. The second-order valence-corrected chi connectivity index (χ2v) is 17.1. The Balaban J connectivity index is 1.41. The maximum absolute atomic E-state index is 13.8. The van der Waals surface area contributed by atoms with Gasteiger partial charge in [0, 0.05) is 28.4 Å². The SMILES string of the molecule is CCC1(O)C(=O)OCc2c1cc1n(c2=O)Cc2c-1nc1ccccc1c2C(C)[Si](C)(C)CNC(=O)Nc1ccccc1. The van der Waals surface area contributed by atoms with Crippen molar-refractivity contribution in [2.45, 2.75) is 57.7 Å². The fourth-order valence-electron chi connectivity index (χ4n) is 6.10. The molecule has 6 rings (SSSR count). The van der Waals surface area contributed by atoms with Crippen LogP contribution in [0.3, 0.4) is 0 Å². The Labute approximate surface area is 244 Å². The monoisotopic (exact) mass is 582 g/mol. The van der Waals surface area contributed by atoms with Crippen molar-refractivity contribution in [3.63, 3.8) is 0 Å². The third-order valence-corrected chi connectivity index (χ3v) is 12.7. The van der Waals surface area contributed by atoms with Crippen LogP contribution in [0, 0.1) is 0 Å². The zero-order valence-corrected chi connectivity index (χ0v) is 25.2. The van der Waals surface area contributed by atoms with Crippen LogP contribution in [0.1, 0.15) is 48.1 Å². The minimum atomic E-state index is -2.16. The van der Waals surface area contributed by atoms with Crippen molar-refractivity contribution >= 4 is 36.7 Å². The average Bonchev–Trinajstić information content (AvgIpc) is 3.35. The van der Waals surface area contributed by atoms with Gasteiger partial charge in [-0.25, -0.2) is 14.6 Å². The Morgan fingerprint density at radius 2 is 1.83 bits per heavy atom. The lowest BCUT2D eigenvalue weighted by molar-refractivity contribution is -0.172. The standard InChI is InChI=1S/C32H34N4O5Si/c1-5-32(40)24-15-26-28-22(16-36(26)29(37)23(24)17-41-30(32)38)27(21-13-9-10-14-25(21)35-28)19(2)42(3,4)18-33-31(39)34-20-11-7-6-8-12-20/h6-15,19,40H,5,16-18H2,1-4H3,(H2,33,34,39).